The molecule has 0 aliphatic carbocycles. The van der Waals surface area contributed by atoms with Crippen LogP contribution in [0.3, 0.4) is 0 Å². The fourth-order valence-corrected chi connectivity index (χ4v) is 8.88. The summed E-state index contributed by atoms with van der Waals surface area (Å²) in [5.41, 5.74) is 10.00. The lowest BCUT2D eigenvalue weighted by molar-refractivity contribution is -0.115. The van der Waals surface area contributed by atoms with Crippen LogP contribution in [-0.2, 0) is 11.2 Å². The van der Waals surface area contributed by atoms with E-state index in [1.807, 2.05) is 129 Å². The van der Waals surface area contributed by atoms with Gasteiger partial charge < -0.3 is 29.4 Å². The van der Waals surface area contributed by atoms with E-state index in [9.17, 15) is 19.2 Å². The molecule has 12 aromatic rings. The average Bonchev–Trinajstić information content (AvgIpc) is 4.12. The molecule has 0 radical (unpaired) electrons. The van der Waals surface area contributed by atoms with Crippen molar-refractivity contribution in [3.63, 3.8) is 0 Å². The van der Waals surface area contributed by atoms with Gasteiger partial charge in [0, 0.05) is 76.5 Å². The molecule has 3 aromatic carbocycles. The Morgan fingerprint density at radius 2 is 0.929 bits per heavy atom. The van der Waals surface area contributed by atoms with Gasteiger partial charge in [0.2, 0.25) is 5.91 Å². The van der Waals surface area contributed by atoms with Crippen molar-refractivity contribution in [2.75, 3.05) is 5.32 Å². The zero-order valence-corrected chi connectivity index (χ0v) is 36.6. The predicted molar refractivity (Wildman–Crippen MR) is 266 cm³/mol. The predicted octanol–water partition coefficient (Wildman–Crippen LogP) is 7.80. The molecule has 0 unspecified atom stereocenters. The molecule has 17 heteroatoms. The van der Waals surface area contributed by atoms with Crippen molar-refractivity contribution < 1.29 is 4.79 Å². The SMILES string of the molecule is O=C(Cc1ccc(-n2cc(-c3ccc(-c4ccc(-n5cc(-c6ccncc6)c6c(=O)[nH]cnc65)cc4)cc3)c3c(=O)[nH]cnc32)cn1)Nc1ccc(-c2cn(-c3ccccc3)c3nc[nH]c(=O)c23)cn1. The van der Waals surface area contributed by atoms with E-state index in [0.717, 1.165) is 39.2 Å². The van der Waals surface area contributed by atoms with Crippen molar-refractivity contribution >= 4 is 44.8 Å². The molecule has 0 spiro atoms. The van der Waals surface area contributed by atoms with Gasteiger partial charge in [-0.3, -0.25) is 33.7 Å². The summed E-state index contributed by atoms with van der Waals surface area (Å²) in [6.07, 6.45) is 16.4. The largest absolute Gasteiger partial charge is 0.312 e. The highest BCUT2D eigenvalue weighted by Gasteiger charge is 2.20. The molecule has 4 N–H and O–H groups in total. The van der Waals surface area contributed by atoms with E-state index in [-0.39, 0.29) is 29.0 Å². The highest BCUT2D eigenvalue weighted by molar-refractivity contribution is 5.97. The fourth-order valence-electron chi connectivity index (χ4n) is 8.88. The molecular weight excluding hydrogens is 883 g/mol. The van der Waals surface area contributed by atoms with Gasteiger partial charge in [0.25, 0.3) is 16.7 Å². The first-order chi connectivity index (χ1) is 34.3. The van der Waals surface area contributed by atoms with E-state index in [1.165, 1.54) is 19.0 Å². The standard InChI is InChI=1S/C53H35N13O4/c67-44(63-43-17-12-35(23-56-43)42-27-64(37-4-2-1-3-5-37)49-47(42)53(70)62-29-58-49)22-36-13-16-39(24-55-36)66-26-40(45-50(66)59-30-61-51(45)68)33-8-6-31(7-9-33)32-10-14-38(15-11-32)65-25-41(34-18-20-54-21-19-34)46-48(65)57-28-60-52(46)69/h1-21,23-30H,22H2,(H,56,63,67)(H,57,60,69)(H,58,62,70)(H,59,61,68). The van der Waals surface area contributed by atoms with Crippen LogP contribution in [0.25, 0.3) is 94.7 Å². The van der Waals surface area contributed by atoms with Gasteiger partial charge in [-0.05, 0) is 82.9 Å². The molecule has 0 fully saturated rings. The first kappa shape index (κ1) is 41.3. The average molecular weight is 918 g/mol. The summed E-state index contributed by atoms with van der Waals surface area (Å²) in [6.45, 7) is 0. The Labute approximate surface area is 394 Å². The van der Waals surface area contributed by atoms with Crippen LogP contribution in [-0.4, -0.2) is 64.5 Å². The maximum absolute atomic E-state index is 13.4. The number of fused-ring (bicyclic) bond motifs is 3. The summed E-state index contributed by atoms with van der Waals surface area (Å²) in [6, 6.07) is 36.4. The second-order valence-corrected chi connectivity index (χ2v) is 16.4. The topological polar surface area (TPSA) is 220 Å². The number of pyridine rings is 3. The summed E-state index contributed by atoms with van der Waals surface area (Å²) in [7, 11) is 0. The quantitative estimate of drug-likeness (QED) is 0.104. The van der Waals surface area contributed by atoms with Crippen molar-refractivity contribution in [2.45, 2.75) is 6.42 Å². The number of carbonyl (C=O) groups is 1. The van der Waals surface area contributed by atoms with E-state index in [4.69, 9.17) is 0 Å². The summed E-state index contributed by atoms with van der Waals surface area (Å²) in [5, 5.41) is 4.19. The van der Waals surface area contributed by atoms with Crippen molar-refractivity contribution in [2.24, 2.45) is 0 Å². The third kappa shape index (κ3) is 7.31. The smallest absolute Gasteiger partial charge is 0.260 e. The third-order valence-corrected chi connectivity index (χ3v) is 12.2. The molecule has 12 rings (SSSR count). The Kier molecular flexibility index (Phi) is 9.98. The zero-order chi connectivity index (χ0) is 47.3. The minimum atomic E-state index is -0.316. The second-order valence-electron chi connectivity index (χ2n) is 16.4. The molecule has 0 atom stereocenters. The molecule has 9 heterocycles. The van der Waals surface area contributed by atoms with Gasteiger partial charge in [0.15, 0.2) is 16.9 Å². The normalized spacial score (nSPS) is 11.4. The van der Waals surface area contributed by atoms with Gasteiger partial charge in [-0.25, -0.2) is 19.9 Å². The Bertz CT molecular complexity index is 4120. The number of aromatic amines is 3. The van der Waals surface area contributed by atoms with Crippen LogP contribution in [0.2, 0.25) is 0 Å². The molecule has 0 saturated heterocycles. The van der Waals surface area contributed by atoms with Crippen LogP contribution in [0, 0.1) is 0 Å². The Hall–Kier alpha value is -10.2. The number of benzene rings is 3. The van der Waals surface area contributed by atoms with Crippen LogP contribution < -0.4 is 22.0 Å². The molecule has 0 saturated carbocycles. The molecule has 1 amide bonds. The molecule has 336 valence electrons. The number of aromatic nitrogens is 12. The Morgan fingerprint density at radius 3 is 1.46 bits per heavy atom. The van der Waals surface area contributed by atoms with Gasteiger partial charge in [-0.1, -0.05) is 54.6 Å². The van der Waals surface area contributed by atoms with Crippen LogP contribution in [0.15, 0.2) is 192 Å². The molecule has 0 aliphatic heterocycles. The van der Waals surface area contributed by atoms with Gasteiger partial charge in [0.1, 0.15) is 5.82 Å². The van der Waals surface area contributed by atoms with E-state index in [0.29, 0.717) is 67.0 Å². The summed E-state index contributed by atoms with van der Waals surface area (Å²) in [4.78, 5) is 87.3. The van der Waals surface area contributed by atoms with E-state index in [2.05, 4.69) is 50.2 Å². The molecular formula is C53H35N13O4. The minimum absolute atomic E-state index is 0.0190. The number of amides is 1. The fraction of sp³-hybridized carbons (Fsp3) is 0.0189. The number of nitrogens with zero attached hydrogens (tertiary/aromatic N) is 9. The van der Waals surface area contributed by atoms with E-state index in [1.54, 1.807) is 43.0 Å². The zero-order valence-electron chi connectivity index (χ0n) is 36.6. The summed E-state index contributed by atoms with van der Waals surface area (Å²) >= 11 is 0. The van der Waals surface area contributed by atoms with Crippen molar-refractivity contribution in [1.82, 2.24) is 58.6 Å². The third-order valence-electron chi connectivity index (χ3n) is 12.2. The van der Waals surface area contributed by atoms with Crippen LogP contribution in [0.1, 0.15) is 5.69 Å². The van der Waals surface area contributed by atoms with Gasteiger partial charge >= 0.3 is 0 Å². The molecule has 70 heavy (non-hydrogen) atoms. The molecule has 0 bridgehead atoms. The Morgan fingerprint density at radius 1 is 0.457 bits per heavy atom. The first-order valence-corrected chi connectivity index (χ1v) is 22.0. The molecule has 17 nitrogen and oxygen atoms in total. The van der Waals surface area contributed by atoms with Crippen LogP contribution in [0.5, 0.6) is 0 Å². The maximum Gasteiger partial charge on any atom is 0.260 e. The number of anilines is 1. The Balaban J connectivity index is 0.754. The second kappa shape index (κ2) is 16.9. The first-order valence-electron chi connectivity index (χ1n) is 22.0. The minimum Gasteiger partial charge on any atom is -0.312 e. The molecule has 0 aliphatic rings. The number of hydrogen-bond donors (Lipinski definition) is 4. The highest BCUT2D eigenvalue weighted by atomic mass is 16.2. The van der Waals surface area contributed by atoms with Gasteiger partial charge in [-0.15, -0.1) is 0 Å². The lowest BCUT2D eigenvalue weighted by Crippen LogP contribution is -2.16. The number of hydrogen-bond acceptors (Lipinski definition) is 10. The number of rotatable bonds is 10. The number of H-pyrrole nitrogens is 3. The van der Waals surface area contributed by atoms with Gasteiger partial charge in [-0.2, -0.15) is 0 Å². The lowest BCUT2D eigenvalue weighted by Gasteiger charge is -2.08. The van der Waals surface area contributed by atoms with Crippen molar-refractivity contribution in [1.29, 1.82) is 0 Å². The van der Waals surface area contributed by atoms with Crippen LogP contribution in [0.4, 0.5) is 5.82 Å². The van der Waals surface area contributed by atoms with E-state index < -0.39 is 0 Å². The monoisotopic (exact) mass is 917 g/mol. The summed E-state index contributed by atoms with van der Waals surface area (Å²) in [5.74, 6) is 0.0245. The van der Waals surface area contributed by atoms with Crippen molar-refractivity contribution in [3.8, 4) is 61.6 Å². The maximum atomic E-state index is 13.4. The van der Waals surface area contributed by atoms with Gasteiger partial charge in [0.05, 0.1) is 53.4 Å². The number of carbonyl (C=O) groups excluding carboxylic acids is 1. The molecule has 9 aromatic heterocycles. The lowest BCUT2D eigenvalue weighted by atomic mass is 10.0. The summed E-state index contributed by atoms with van der Waals surface area (Å²) < 4.78 is 5.58. The van der Waals surface area contributed by atoms with Crippen LogP contribution >= 0.6 is 0 Å². The highest BCUT2D eigenvalue weighted by Crippen LogP contribution is 2.34. The number of nitrogens with one attached hydrogen (secondary N) is 4. The number of para-hydroxylation sites is 1. The van der Waals surface area contributed by atoms with Crippen molar-refractivity contribution in [3.05, 3.63) is 214 Å². The van der Waals surface area contributed by atoms with E-state index >= 15 is 0 Å².